The van der Waals surface area contributed by atoms with Gasteiger partial charge in [-0.15, -0.1) is 0 Å². The number of benzene rings is 1. The molecule has 1 fully saturated rings. The Kier molecular flexibility index (Phi) is 2.78. The van der Waals surface area contributed by atoms with Crippen LogP contribution in [0.4, 0.5) is 10.1 Å². The molecule has 1 aromatic carbocycles. The molecule has 82 valence electrons. The van der Waals surface area contributed by atoms with Crippen LogP contribution in [0.25, 0.3) is 0 Å². The smallest absolute Gasteiger partial charge is 0.270 e. The van der Waals surface area contributed by atoms with Crippen molar-refractivity contribution in [3.8, 4) is 0 Å². The van der Waals surface area contributed by atoms with Crippen LogP contribution < -0.4 is 4.90 Å². The van der Waals surface area contributed by atoms with E-state index in [0.717, 1.165) is 11.8 Å². The second-order valence-corrected chi connectivity index (χ2v) is 4.21. The zero-order chi connectivity index (χ0) is 11.7. The van der Waals surface area contributed by atoms with Crippen molar-refractivity contribution in [3.05, 3.63) is 41.1 Å². The van der Waals surface area contributed by atoms with Gasteiger partial charge in [-0.1, -0.05) is 6.08 Å². The number of allylic oxidation sites excluding steroid dienone is 1. The lowest BCUT2D eigenvalue weighted by Gasteiger charge is -2.13. The molecular formula is C11H9FN2OS. The average molecular weight is 236 g/mol. The van der Waals surface area contributed by atoms with Crippen molar-refractivity contribution < 1.29 is 9.18 Å². The first kappa shape index (κ1) is 10.9. The number of thioether (sulfide) groups is 1. The van der Waals surface area contributed by atoms with E-state index in [1.54, 1.807) is 13.0 Å². The summed E-state index contributed by atoms with van der Waals surface area (Å²) in [6, 6.07) is 5.52. The van der Waals surface area contributed by atoms with E-state index in [-0.39, 0.29) is 16.9 Å². The maximum Gasteiger partial charge on any atom is 0.270 e. The van der Waals surface area contributed by atoms with Gasteiger partial charge in [-0.25, -0.2) is 4.39 Å². The van der Waals surface area contributed by atoms with Crippen molar-refractivity contribution in [2.75, 3.05) is 4.90 Å². The Bertz CT molecular complexity index is 481. The van der Waals surface area contributed by atoms with Crippen molar-refractivity contribution in [2.45, 2.75) is 6.92 Å². The van der Waals surface area contributed by atoms with E-state index in [1.165, 1.54) is 29.2 Å². The number of amides is 1. The summed E-state index contributed by atoms with van der Waals surface area (Å²) in [7, 11) is 0. The molecule has 1 amide bonds. The summed E-state index contributed by atoms with van der Waals surface area (Å²) in [6.45, 7) is 1.75. The van der Waals surface area contributed by atoms with E-state index in [0.29, 0.717) is 10.6 Å². The van der Waals surface area contributed by atoms with Gasteiger partial charge in [0.15, 0.2) is 5.17 Å². The molecule has 16 heavy (non-hydrogen) atoms. The number of nitrogens with one attached hydrogen (secondary N) is 1. The predicted octanol–water partition coefficient (Wildman–Crippen LogP) is 2.74. The molecule has 0 aliphatic carbocycles. The van der Waals surface area contributed by atoms with Crippen LogP contribution in [0.5, 0.6) is 0 Å². The first-order valence-electron chi connectivity index (χ1n) is 4.66. The van der Waals surface area contributed by atoms with Crippen molar-refractivity contribution in [2.24, 2.45) is 0 Å². The van der Waals surface area contributed by atoms with Crippen LogP contribution >= 0.6 is 11.8 Å². The van der Waals surface area contributed by atoms with Crippen LogP contribution in [0.3, 0.4) is 0 Å². The number of carbonyl (C=O) groups is 1. The van der Waals surface area contributed by atoms with Crippen molar-refractivity contribution >= 4 is 28.5 Å². The van der Waals surface area contributed by atoms with E-state index in [4.69, 9.17) is 5.41 Å². The van der Waals surface area contributed by atoms with Crippen LogP contribution in [-0.4, -0.2) is 11.1 Å². The molecule has 0 spiro atoms. The maximum absolute atomic E-state index is 12.7. The number of halogens is 1. The molecule has 0 bridgehead atoms. The standard InChI is InChI=1S/C11H9FN2OS/c1-2-9-10(15)14(11(13)16-9)8-5-3-7(12)4-6-8/h2-6,13H,1H3/b9-2-,13-11?. The zero-order valence-corrected chi connectivity index (χ0v) is 9.34. The Balaban J connectivity index is 2.38. The maximum atomic E-state index is 12.7. The first-order chi connectivity index (χ1) is 7.63. The third-order valence-corrected chi connectivity index (χ3v) is 3.18. The van der Waals surface area contributed by atoms with Crippen LogP contribution in [-0.2, 0) is 4.79 Å². The molecule has 1 heterocycles. The van der Waals surface area contributed by atoms with E-state index < -0.39 is 0 Å². The number of nitrogens with zero attached hydrogens (tertiary/aromatic N) is 1. The molecule has 1 N–H and O–H groups in total. The van der Waals surface area contributed by atoms with E-state index >= 15 is 0 Å². The molecule has 2 rings (SSSR count). The average Bonchev–Trinajstić information content (AvgIpc) is 2.56. The lowest BCUT2D eigenvalue weighted by atomic mass is 10.3. The fourth-order valence-corrected chi connectivity index (χ4v) is 2.19. The summed E-state index contributed by atoms with van der Waals surface area (Å²) in [6.07, 6.45) is 1.67. The molecule has 1 aromatic rings. The number of anilines is 1. The minimum Gasteiger partial charge on any atom is -0.278 e. The minimum atomic E-state index is -0.360. The summed E-state index contributed by atoms with van der Waals surface area (Å²) >= 11 is 1.11. The highest BCUT2D eigenvalue weighted by Crippen LogP contribution is 2.33. The summed E-state index contributed by atoms with van der Waals surface area (Å²) in [4.78, 5) is 13.6. The van der Waals surface area contributed by atoms with Crippen LogP contribution in [0.15, 0.2) is 35.2 Å². The van der Waals surface area contributed by atoms with Crippen molar-refractivity contribution in [3.63, 3.8) is 0 Å². The summed E-state index contributed by atoms with van der Waals surface area (Å²) in [5.74, 6) is -0.593. The molecule has 0 atom stereocenters. The van der Waals surface area contributed by atoms with Gasteiger partial charge in [0.05, 0.1) is 10.6 Å². The number of amidine groups is 1. The fourth-order valence-electron chi connectivity index (χ4n) is 1.40. The van der Waals surface area contributed by atoms with Crippen LogP contribution in [0, 0.1) is 11.2 Å². The molecule has 0 unspecified atom stereocenters. The molecule has 3 nitrogen and oxygen atoms in total. The van der Waals surface area contributed by atoms with Gasteiger partial charge in [-0.2, -0.15) is 0 Å². The number of hydrogen-bond acceptors (Lipinski definition) is 3. The quantitative estimate of drug-likeness (QED) is 0.762. The summed E-state index contributed by atoms with van der Waals surface area (Å²) in [5.41, 5.74) is 0.515. The molecule has 0 radical (unpaired) electrons. The Morgan fingerprint density at radius 1 is 1.38 bits per heavy atom. The van der Waals surface area contributed by atoms with Gasteiger partial charge in [-0.3, -0.25) is 15.1 Å². The topological polar surface area (TPSA) is 44.2 Å². The molecule has 5 heteroatoms. The SMILES string of the molecule is C/C=C1\SC(=N)N(c2ccc(F)cc2)C1=O. The molecule has 1 aliphatic rings. The monoisotopic (exact) mass is 236 g/mol. The lowest BCUT2D eigenvalue weighted by molar-refractivity contribution is -0.113. The molecule has 1 saturated heterocycles. The van der Waals surface area contributed by atoms with Crippen LogP contribution in [0.1, 0.15) is 6.92 Å². The largest absolute Gasteiger partial charge is 0.278 e. The van der Waals surface area contributed by atoms with E-state index in [1.807, 2.05) is 0 Å². The molecular weight excluding hydrogens is 227 g/mol. The Labute approximate surface area is 96.5 Å². The van der Waals surface area contributed by atoms with E-state index in [9.17, 15) is 9.18 Å². The van der Waals surface area contributed by atoms with Gasteiger partial charge in [0, 0.05) is 0 Å². The van der Waals surface area contributed by atoms with Gasteiger partial charge in [0.2, 0.25) is 0 Å². The van der Waals surface area contributed by atoms with Gasteiger partial charge in [0.25, 0.3) is 5.91 Å². The highest BCUT2D eigenvalue weighted by molar-refractivity contribution is 8.19. The number of carbonyl (C=O) groups excluding carboxylic acids is 1. The van der Waals surface area contributed by atoms with Crippen LogP contribution in [0.2, 0.25) is 0 Å². The van der Waals surface area contributed by atoms with Gasteiger partial charge in [-0.05, 0) is 43.0 Å². The third-order valence-electron chi connectivity index (χ3n) is 2.17. The number of hydrogen-bond donors (Lipinski definition) is 1. The molecule has 0 saturated carbocycles. The Morgan fingerprint density at radius 2 is 2.00 bits per heavy atom. The Hall–Kier alpha value is -1.62. The number of rotatable bonds is 1. The van der Waals surface area contributed by atoms with Crippen molar-refractivity contribution in [1.82, 2.24) is 0 Å². The first-order valence-corrected chi connectivity index (χ1v) is 5.48. The highest BCUT2D eigenvalue weighted by Gasteiger charge is 2.32. The van der Waals surface area contributed by atoms with E-state index in [2.05, 4.69) is 0 Å². The van der Waals surface area contributed by atoms with Crippen molar-refractivity contribution in [1.29, 1.82) is 5.41 Å². The second kappa shape index (κ2) is 4.09. The third kappa shape index (κ3) is 1.74. The normalized spacial score (nSPS) is 18.6. The van der Waals surface area contributed by atoms with Gasteiger partial charge in [0.1, 0.15) is 5.82 Å². The predicted molar refractivity (Wildman–Crippen MR) is 63.0 cm³/mol. The minimum absolute atomic E-state index is 0.143. The molecule has 1 aliphatic heterocycles. The highest BCUT2D eigenvalue weighted by atomic mass is 32.2. The second-order valence-electron chi connectivity index (χ2n) is 3.18. The summed E-state index contributed by atoms with van der Waals surface area (Å²) in [5, 5.41) is 7.84. The van der Waals surface area contributed by atoms with Gasteiger partial charge >= 0.3 is 0 Å². The fraction of sp³-hybridized carbons (Fsp3) is 0.0909. The summed E-state index contributed by atoms with van der Waals surface area (Å²) < 4.78 is 12.7. The molecule has 0 aromatic heterocycles. The van der Waals surface area contributed by atoms with Gasteiger partial charge < -0.3 is 0 Å². The lowest BCUT2D eigenvalue weighted by Crippen LogP contribution is -2.28. The zero-order valence-electron chi connectivity index (χ0n) is 8.53. The Morgan fingerprint density at radius 3 is 2.50 bits per heavy atom.